The Bertz CT molecular complexity index is 259. The summed E-state index contributed by atoms with van der Waals surface area (Å²) in [4.78, 5) is 0. The van der Waals surface area contributed by atoms with Crippen LogP contribution in [0.4, 0.5) is 0 Å². The van der Waals surface area contributed by atoms with E-state index in [2.05, 4.69) is 47.7 Å². The molecule has 1 fully saturated rings. The highest BCUT2D eigenvalue weighted by atomic mass is 28.4. The molecule has 2 nitrogen and oxygen atoms in total. The molecule has 0 bridgehead atoms. The minimum absolute atomic E-state index is 0.296. The van der Waals surface area contributed by atoms with E-state index in [4.69, 9.17) is 10.2 Å². The van der Waals surface area contributed by atoms with Gasteiger partial charge in [0.15, 0.2) is 8.32 Å². The Morgan fingerprint density at radius 2 is 1.76 bits per heavy atom. The maximum atomic E-state index is 6.33. The summed E-state index contributed by atoms with van der Waals surface area (Å²) in [5, 5.41) is 0.296. The fourth-order valence-electron chi connectivity index (χ4n) is 2.43. The highest BCUT2D eigenvalue weighted by Gasteiger charge is 2.41. The fourth-order valence-corrected chi connectivity index (χ4v) is 3.47. The van der Waals surface area contributed by atoms with Crippen LogP contribution in [0.1, 0.15) is 41.0 Å². The third-order valence-electron chi connectivity index (χ3n) is 5.21. The van der Waals surface area contributed by atoms with Gasteiger partial charge in [0, 0.05) is 12.6 Å². The molecule has 2 N–H and O–H groups in total. The molecule has 4 atom stereocenters. The molecule has 0 radical (unpaired) electrons. The minimum Gasteiger partial charge on any atom is -0.416 e. The summed E-state index contributed by atoms with van der Waals surface area (Å²) in [6.45, 7) is 17.0. The Morgan fingerprint density at radius 3 is 2.12 bits per heavy atom. The summed E-state index contributed by atoms with van der Waals surface area (Å²) in [7, 11) is -1.61. The molecule has 1 rings (SSSR count). The third-order valence-corrected chi connectivity index (χ3v) is 9.71. The predicted octanol–water partition coefficient (Wildman–Crippen LogP) is 3.63. The Labute approximate surface area is 108 Å². The van der Waals surface area contributed by atoms with Crippen LogP contribution in [0, 0.1) is 17.8 Å². The second-order valence-electron chi connectivity index (χ2n) is 7.47. The summed E-state index contributed by atoms with van der Waals surface area (Å²) < 4.78 is 6.33. The van der Waals surface area contributed by atoms with E-state index in [9.17, 15) is 0 Å². The van der Waals surface area contributed by atoms with Crippen molar-refractivity contribution in [1.29, 1.82) is 0 Å². The number of hydrogen-bond donors (Lipinski definition) is 1. The van der Waals surface area contributed by atoms with Crippen molar-refractivity contribution in [2.45, 2.75) is 65.2 Å². The van der Waals surface area contributed by atoms with Gasteiger partial charge in [-0.1, -0.05) is 34.6 Å². The van der Waals surface area contributed by atoms with Crippen LogP contribution in [0.3, 0.4) is 0 Å². The normalized spacial score (nSPS) is 35.3. The summed E-state index contributed by atoms with van der Waals surface area (Å²) >= 11 is 0. The predicted molar refractivity (Wildman–Crippen MR) is 77.6 cm³/mol. The summed E-state index contributed by atoms with van der Waals surface area (Å²) in [6.07, 6.45) is 1.16. The lowest BCUT2D eigenvalue weighted by Crippen LogP contribution is -2.44. The van der Waals surface area contributed by atoms with Gasteiger partial charge in [-0.2, -0.15) is 0 Å². The molecule has 0 aromatic rings. The highest BCUT2D eigenvalue weighted by Crippen LogP contribution is 2.40. The van der Waals surface area contributed by atoms with Crippen LogP contribution in [0.15, 0.2) is 0 Å². The van der Waals surface area contributed by atoms with Crippen molar-refractivity contribution in [3.05, 3.63) is 0 Å². The molecular formula is C14H31NOSi. The lowest BCUT2D eigenvalue weighted by Gasteiger charge is -2.38. The van der Waals surface area contributed by atoms with Crippen LogP contribution in [-0.4, -0.2) is 21.0 Å². The van der Waals surface area contributed by atoms with Gasteiger partial charge in [0.25, 0.3) is 0 Å². The zero-order chi connectivity index (χ0) is 13.4. The Balaban J connectivity index is 2.57. The Morgan fingerprint density at radius 1 is 1.24 bits per heavy atom. The molecular weight excluding hydrogens is 226 g/mol. The van der Waals surface area contributed by atoms with Crippen molar-refractivity contribution in [3.8, 4) is 0 Å². The third kappa shape index (κ3) is 3.33. The first-order valence-electron chi connectivity index (χ1n) is 6.96. The van der Waals surface area contributed by atoms with Gasteiger partial charge in [-0.15, -0.1) is 0 Å². The average Bonchev–Trinajstić information content (AvgIpc) is 2.37. The van der Waals surface area contributed by atoms with Crippen molar-refractivity contribution in [2.75, 3.05) is 6.61 Å². The second-order valence-corrected chi connectivity index (χ2v) is 12.3. The van der Waals surface area contributed by atoms with Crippen LogP contribution >= 0.6 is 0 Å². The van der Waals surface area contributed by atoms with Crippen molar-refractivity contribution in [3.63, 3.8) is 0 Å². The van der Waals surface area contributed by atoms with Crippen LogP contribution in [0.2, 0.25) is 18.1 Å². The van der Waals surface area contributed by atoms with Gasteiger partial charge in [0.1, 0.15) is 0 Å². The van der Waals surface area contributed by atoms with E-state index in [0.29, 0.717) is 22.9 Å². The van der Waals surface area contributed by atoms with Gasteiger partial charge in [-0.25, -0.2) is 0 Å². The van der Waals surface area contributed by atoms with E-state index in [-0.39, 0.29) is 0 Å². The quantitative estimate of drug-likeness (QED) is 0.784. The van der Waals surface area contributed by atoms with Gasteiger partial charge in [0.2, 0.25) is 0 Å². The molecule has 0 aromatic carbocycles. The van der Waals surface area contributed by atoms with Gasteiger partial charge >= 0.3 is 0 Å². The molecule has 1 aliphatic rings. The molecule has 1 aliphatic carbocycles. The molecule has 0 aromatic heterocycles. The van der Waals surface area contributed by atoms with Crippen molar-refractivity contribution in [1.82, 2.24) is 0 Å². The smallest absolute Gasteiger partial charge is 0.191 e. The Kier molecular flexibility index (Phi) is 4.49. The van der Waals surface area contributed by atoms with E-state index in [1.165, 1.54) is 0 Å². The number of rotatable bonds is 3. The zero-order valence-electron chi connectivity index (χ0n) is 12.7. The lowest BCUT2D eigenvalue weighted by atomic mass is 9.92. The molecule has 0 saturated heterocycles. The maximum Gasteiger partial charge on any atom is 0.191 e. The average molecular weight is 257 g/mol. The van der Waals surface area contributed by atoms with Crippen molar-refractivity contribution >= 4 is 8.32 Å². The summed E-state index contributed by atoms with van der Waals surface area (Å²) in [6, 6.07) is 0.338. The topological polar surface area (TPSA) is 35.2 Å². The van der Waals surface area contributed by atoms with Crippen LogP contribution in [0.5, 0.6) is 0 Å². The van der Waals surface area contributed by atoms with Gasteiger partial charge in [-0.3, -0.25) is 0 Å². The molecule has 1 saturated carbocycles. The first kappa shape index (κ1) is 15.2. The van der Waals surface area contributed by atoms with Crippen LogP contribution < -0.4 is 5.73 Å². The number of hydrogen-bond acceptors (Lipinski definition) is 2. The van der Waals surface area contributed by atoms with Crippen molar-refractivity contribution in [2.24, 2.45) is 23.5 Å². The second kappa shape index (κ2) is 5.02. The van der Waals surface area contributed by atoms with Crippen molar-refractivity contribution < 1.29 is 4.43 Å². The maximum absolute atomic E-state index is 6.33. The first-order valence-corrected chi connectivity index (χ1v) is 9.86. The van der Waals surface area contributed by atoms with Crippen LogP contribution in [-0.2, 0) is 4.43 Å². The highest BCUT2D eigenvalue weighted by molar-refractivity contribution is 6.74. The largest absolute Gasteiger partial charge is 0.416 e. The molecule has 0 amide bonds. The number of nitrogens with two attached hydrogens (primary N) is 1. The van der Waals surface area contributed by atoms with Gasteiger partial charge in [0.05, 0.1) is 0 Å². The standard InChI is InChI=1S/C14H31NOSi/c1-10-8-13(15)12(11(10)2)9-16-17(6,7)14(3,4)5/h10-13H,8-9,15H2,1-7H3/t10?,11-,12+,13?/m1/s1. The fraction of sp³-hybridized carbons (Fsp3) is 1.00. The van der Waals surface area contributed by atoms with E-state index < -0.39 is 8.32 Å². The summed E-state index contributed by atoms with van der Waals surface area (Å²) in [5.41, 5.74) is 6.23. The van der Waals surface area contributed by atoms with E-state index >= 15 is 0 Å². The van der Waals surface area contributed by atoms with Gasteiger partial charge in [-0.05, 0) is 42.3 Å². The van der Waals surface area contributed by atoms with E-state index in [1.54, 1.807) is 0 Å². The minimum atomic E-state index is -1.61. The molecule has 0 heterocycles. The van der Waals surface area contributed by atoms with Crippen LogP contribution in [0.25, 0.3) is 0 Å². The molecule has 17 heavy (non-hydrogen) atoms. The molecule has 2 unspecified atom stereocenters. The SMILES string of the molecule is CC1CC(N)[C@@H](CO[Si](C)(C)C(C)(C)C)[C@@H]1C. The van der Waals surface area contributed by atoms with E-state index in [1.807, 2.05) is 0 Å². The molecule has 0 spiro atoms. The zero-order valence-corrected chi connectivity index (χ0v) is 13.7. The van der Waals surface area contributed by atoms with E-state index in [0.717, 1.165) is 18.9 Å². The Hall–Kier alpha value is 0.137. The molecule has 0 aliphatic heterocycles. The molecule has 3 heteroatoms. The monoisotopic (exact) mass is 257 g/mol. The first-order chi connectivity index (χ1) is 7.56. The lowest BCUT2D eigenvalue weighted by molar-refractivity contribution is 0.185. The summed E-state index contributed by atoms with van der Waals surface area (Å²) in [5.74, 6) is 2.01. The molecule has 102 valence electrons. The van der Waals surface area contributed by atoms with Gasteiger partial charge < -0.3 is 10.2 Å².